The lowest BCUT2D eigenvalue weighted by atomic mass is 10.1. The predicted molar refractivity (Wildman–Crippen MR) is 125 cm³/mol. The molecule has 4 rings (SSSR count). The Morgan fingerprint density at radius 2 is 1.88 bits per heavy atom. The number of nitrogens with one attached hydrogen (secondary N) is 1. The number of hydrogen-bond donors (Lipinski definition) is 3. The van der Waals surface area contributed by atoms with E-state index >= 15 is 0 Å². The number of furan rings is 1. The number of rotatable bonds is 7. The number of primary amides is 1. The Morgan fingerprint density at radius 1 is 1.15 bits per heavy atom. The van der Waals surface area contributed by atoms with Crippen molar-refractivity contribution in [2.24, 2.45) is 16.5 Å². The van der Waals surface area contributed by atoms with Crippen LogP contribution in [0.4, 0.5) is 22.1 Å². The highest BCUT2D eigenvalue weighted by Crippen LogP contribution is 2.37. The zero-order valence-electron chi connectivity index (χ0n) is 18.0. The topological polar surface area (TPSA) is 139 Å². The predicted octanol–water partition coefficient (Wildman–Crippen LogP) is 2.50. The normalized spacial score (nSPS) is 14.8. The molecule has 3 amide bonds. The second-order valence-corrected chi connectivity index (χ2v) is 7.21. The van der Waals surface area contributed by atoms with E-state index in [1.54, 1.807) is 54.5 Å². The molecular formula is C23H24N6O4. The zero-order valence-corrected chi connectivity index (χ0v) is 18.0. The lowest BCUT2D eigenvalue weighted by molar-refractivity contribution is -0.112. The average molecular weight is 448 g/mol. The van der Waals surface area contributed by atoms with E-state index in [0.717, 1.165) is 0 Å². The summed E-state index contributed by atoms with van der Waals surface area (Å²) in [7, 11) is 1.58. The summed E-state index contributed by atoms with van der Waals surface area (Å²) in [6, 6.07) is 17.3. The first-order chi connectivity index (χ1) is 16.0. The first kappa shape index (κ1) is 21.9. The van der Waals surface area contributed by atoms with Crippen molar-refractivity contribution in [1.29, 1.82) is 0 Å². The molecule has 0 saturated carbocycles. The maximum atomic E-state index is 13.8. The van der Waals surface area contributed by atoms with Crippen molar-refractivity contribution >= 4 is 35.0 Å². The molecule has 1 atom stereocenters. The molecule has 2 aromatic carbocycles. The number of nitrogens with two attached hydrogens (primary N) is 2. The molecule has 170 valence electrons. The van der Waals surface area contributed by atoms with Gasteiger partial charge in [0.1, 0.15) is 11.9 Å². The van der Waals surface area contributed by atoms with Gasteiger partial charge < -0.3 is 35.7 Å². The van der Waals surface area contributed by atoms with Gasteiger partial charge in [0.25, 0.3) is 5.91 Å². The van der Waals surface area contributed by atoms with E-state index in [4.69, 9.17) is 20.6 Å². The number of anilines is 2. The fourth-order valence-electron chi connectivity index (χ4n) is 3.59. The molecule has 1 aromatic heterocycles. The molecule has 0 fully saturated rings. The van der Waals surface area contributed by atoms with Crippen LogP contribution >= 0.6 is 0 Å². The Balaban J connectivity index is 1.75. The van der Waals surface area contributed by atoms with Crippen molar-refractivity contribution < 1.29 is 18.7 Å². The molecule has 33 heavy (non-hydrogen) atoms. The molecule has 0 spiro atoms. The van der Waals surface area contributed by atoms with Crippen LogP contribution in [0, 0.1) is 0 Å². The minimum atomic E-state index is -0.704. The number of para-hydroxylation sites is 1. The van der Waals surface area contributed by atoms with Crippen LogP contribution in [0.3, 0.4) is 0 Å². The summed E-state index contributed by atoms with van der Waals surface area (Å²) in [6.45, 7) is 0.325. The van der Waals surface area contributed by atoms with E-state index in [0.29, 0.717) is 22.7 Å². The van der Waals surface area contributed by atoms with Crippen LogP contribution in [-0.2, 0) is 4.79 Å². The molecule has 0 bridgehead atoms. The van der Waals surface area contributed by atoms with Crippen LogP contribution in [0.1, 0.15) is 11.7 Å². The van der Waals surface area contributed by atoms with E-state index in [1.807, 2.05) is 18.2 Å². The fourth-order valence-corrected chi connectivity index (χ4v) is 3.59. The second kappa shape index (κ2) is 9.45. The summed E-state index contributed by atoms with van der Waals surface area (Å²) in [5.74, 6) is 0.610. The summed E-state index contributed by atoms with van der Waals surface area (Å²) < 4.78 is 10.7. The van der Waals surface area contributed by atoms with Gasteiger partial charge in [-0.2, -0.15) is 4.99 Å². The third-order valence-corrected chi connectivity index (χ3v) is 5.20. The first-order valence-corrected chi connectivity index (χ1v) is 10.2. The summed E-state index contributed by atoms with van der Waals surface area (Å²) in [5, 5.41) is 2.51. The fraction of sp³-hybridized carbons (Fsp3) is 0.174. The van der Waals surface area contributed by atoms with Gasteiger partial charge in [-0.05, 0) is 42.5 Å². The molecule has 0 saturated heterocycles. The molecule has 5 N–H and O–H groups in total. The molecule has 10 nitrogen and oxygen atoms in total. The number of hydrogen-bond acceptors (Lipinski definition) is 7. The number of fused-ring (bicyclic) bond motifs is 1. The maximum absolute atomic E-state index is 13.8. The Kier molecular flexibility index (Phi) is 6.27. The van der Waals surface area contributed by atoms with E-state index in [2.05, 4.69) is 10.3 Å². The van der Waals surface area contributed by atoms with Crippen molar-refractivity contribution in [3.05, 3.63) is 72.5 Å². The number of methoxy groups -OCH3 is 1. The largest absolute Gasteiger partial charge is 0.497 e. The summed E-state index contributed by atoms with van der Waals surface area (Å²) in [6.07, 6.45) is 0.782. The van der Waals surface area contributed by atoms with E-state index < -0.39 is 18.1 Å². The number of amidine groups is 1. The van der Waals surface area contributed by atoms with Crippen molar-refractivity contribution in [3.8, 4) is 5.75 Å². The lowest BCUT2D eigenvalue weighted by Gasteiger charge is -2.35. The number of carbonyl (C=O) groups is 2. The molecule has 0 aliphatic carbocycles. The Labute approximate surface area is 190 Å². The first-order valence-electron chi connectivity index (χ1n) is 10.2. The summed E-state index contributed by atoms with van der Waals surface area (Å²) in [5.41, 5.74) is 13.7. The maximum Gasteiger partial charge on any atom is 0.312 e. The van der Waals surface area contributed by atoms with Crippen LogP contribution in [-0.4, -0.2) is 38.0 Å². The minimum absolute atomic E-state index is 0.0815. The van der Waals surface area contributed by atoms with E-state index in [1.165, 1.54) is 11.2 Å². The van der Waals surface area contributed by atoms with Gasteiger partial charge in [0.2, 0.25) is 11.7 Å². The second-order valence-electron chi connectivity index (χ2n) is 7.21. The third-order valence-electron chi connectivity index (χ3n) is 5.20. The monoisotopic (exact) mass is 448 g/mol. The number of ether oxygens (including phenoxy) is 1. The highest BCUT2D eigenvalue weighted by molar-refractivity contribution is 6.48. The lowest BCUT2D eigenvalue weighted by Crippen LogP contribution is -2.51. The molecule has 1 unspecified atom stereocenters. The van der Waals surface area contributed by atoms with Crippen molar-refractivity contribution in [1.82, 2.24) is 5.32 Å². The Bertz CT molecular complexity index is 1160. The molecule has 1 aliphatic rings. The quantitative estimate of drug-likeness (QED) is 0.507. The number of aliphatic imine (C=N–C) groups is 1. The van der Waals surface area contributed by atoms with Gasteiger partial charge in [-0.15, -0.1) is 0 Å². The standard InChI is InChI=1S/C23H24N6O4/c1-32-17-9-7-16(8-10-17)29-19(24)18-11-14-33-21(18)27-20(29)22(30)28(13-12-26-23(25)31)15-5-3-2-4-6-15/h2-11,14,19H,12-13,24H2,1H3,(H3,25,26,31). The summed E-state index contributed by atoms with van der Waals surface area (Å²) >= 11 is 0. The van der Waals surface area contributed by atoms with Crippen LogP contribution in [0.2, 0.25) is 0 Å². The number of nitrogens with zero attached hydrogens (tertiary/aromatic N) is 3. The minimum Gasteiger partial charge on any atom is -0.497 e. The van der Waals surface area contributed by atoms with Crippen molar-refractivity contribution in [2.75, 3.05) is 30.0 Å². The van der Waals surface area contributed by atoms with Gasteiger partial charge in [-0.1, -0.05) is 18.2 Å². The Hall–Kier alpha value is -4.31. The number of amides is 3. The van der Waals surface area contributed by atoms with Crippen LogP contribution in [0.25, 0.3) is 0 Å². The highest BCUT2D eigenvalue weighted by Gasteiger charge is 2.36. The van der Waals surface area contributed by atoms with Crippen LogP contribution in [0.5, 0.6) is 5.75 Å². The van der Waals surface area contributed by atoms with Gasteiger partial charge >= 0.3 is 6.03 Å². The van der Waals surface area contributed by atoms with Crippen LogP contribution in [0.15, 0.2) is 76.3 Å². The van der Waals surface area contributed by atoms with E-state index in [9.17, 15) is 9.59 Å². The molecule has 3 aromatic rings. The van der Waals surface area contributed by atoms with Gasteiger partial charge in [0.05, 0.1) is 18.9 Å². The van der Waals surface area contributed by atoms with Crippen molar-refractivity contribution in [2.45, 2.75) is 6.17 Å². The van der Waals surface area contributed by atoms with Crippen molar-refractivity contribution in [3.63, 3.8) is 0 Å². The van der Waals surface area contributed by atoms with Gasteiger partial charge in [-0.25, -0.2) is 4.79 Å². The van der Waals surface area contributed by atoms with Gasteiger partial charge in [0, 0.05) is 24.5 Å². The molecule has 2 heterocycles. The molecule has 1 aliphatic heterocycles. The van der Waals surface area contributed by atoms with E-state index in [-0.39, 0.29) is 24.8 Å². The molecule has 0 radical (unpaired) electrons. The zero-order chi connectivity index (χ0) is 23.4. The Morgan fingerprint density at radius 3 is 2.55 bits per heavy atom. The number of benzene rings is 2. The van der Waals surface area contributed by atoms with Gasteiger partial charge in [-0.3, -0.25) is 4.79 Å². The molecule has 10 heteroatoms. The SMILES string of the molecule is COc1ccc(N2C(C(=O)N(CCNC(N)=O)c3ccccc3)=Nc3occc3C2N)cc1. The highest BCUT2D eigenvalue weighted by atomic mass is 16.5. The smallest absolute Gasteiger partial charge is 0.312 e. The van der Waals surface area contributed by atoms with Crippen LogP contribution < -0.4 is 31.3 Å². The number of urea groups is 1. The molecular weight excluding hydrogens is 424 g/mol. The number of carbonyl (C=O) groups excluding carboxylic acids is 2. The third kappa shape index (κ3) is 4.51. The summed E-state index contributed by atoms with van der Waals surface area (Å²) in [4.78, 5) is 32.7. The average Bonchev–Trinajstić information content (AvgIpc) is 3.31. The van der Waals surface area contributed by atoms with Gasteiger partial charge in [0.15, 0.2) is 0 Å².